The van der Waals surface area contributed by atoms with Crippen LogP contribution < -0.4 is 10.2 Å². The number of benzene rings is 2. The van der Waals surface area contributed by atoms with Gasteiger partial charge in [-0.1, -0.05) is 66.2 Å². The fraction of sp³-hybridized carbons (Fsp3) is 0.444. The maximum atomic E-state index is 15.0. The lowest BCUT2D eigenvalue weighted by atomic mass is 9.70. The molecule has 3 amide bonds. The summed E-state index contributed by atoms with van der Waals surface area (Å²) >= 11 is 6.66. The number of halogens is 1. The third-order valence-electron chi connectivity index (χ3n) is 9.45. The average Bonchev–Trinajstić information content (AvgIpc) is 3.70. The number of fused-ring (bicyclic) bond motifs is 1. The first kappa shape index (κ1) is 34.3. The molecular formula is C36H42ClN3O7. The monoisotopic (exact) mass is 663 g/mol. The average molecular weight is 664 g/mol. The number of hydrogen-bond donors (Lipinski definition) is 2. The largest absolute Gasteiger partial charge is 0.460 e. The SMILES string of the molecule is C=CCCC(=O)NC[C@H](C)OC(=O)[C@@H]1[C@@H]2CC[C@]3(O2)[C@H](C(=O)N(CC=C)c2c(C)cccc2Cl)N([C@H](CO)c2ccccc2)C(=O)[C@@H]13. The van der Waals surface area contributed by atoms with Gasteiger partial charge in [-0.2, -0.15) is 0 Å². The van der Waals surface area contributed by atoms with E-state index < -0.39 is 66.1 Å². The number of hydrogen-bond acceptors (Lipinski definition) is 7. The molecule has 0 aromatic heterocycles. The van der Waals surface area contributed by atoms with Crippen LogP contribution in [0, 0.1) is 18.8 Å². The number of aliphatic hydroxyl groups excluding tert-OH is 1. The molecule has 250 valence electrons. The molecule has 10 nitrogen and oxygen atoms in total. The highest BCUT2D eigenvalue weighted by Gasteiger charge is 2.76. The van der Waals surface area contributed by atoms with Crippen LogP contribution in [0.4, 0.5) is 5.69 Å². The van der Waals surface area contributed by atoms with E-state index in [-0.39, 0.29) is 25.4 Å². The highest BCUT2D eigenvalue weighted by Crippen LogP contribution is 2.60. The number of amides is 3. The van der Waals surface area contributed by atoms with Gasteiger partial charge in [0.25, 0.3) is 5.91 Å². The lowest BCUT2D eigenvalue weighted by Gasteiger charge is -2.39. The molecule has 3 fully saturated rings. The molecule has 0 aliphatic carbocycles. The number of carbonyl (C=O) groups is 4. The van der Waals surface area contributed by atoms with Crippen LogP contribution >= 0.6 is 11.6 Å². The van der Waals surface area contributed by atoms with Crippen LogP contribution in [0.1, 0.15) is 49.8 Å². The maximum absolute atomic E-state index is 15.0. The van der Waals surface area contributed by atoms with Gasteiger partial charge in [0.1, 0.15) is 17.7 Å². The quantitative estimate of drug-likeness (QED) is 0.228. The maximum Gasteiger partial charge on any atom is 0.312 e. The van der Waals surface area contributed by atoms with Gasteiger partial charge in [-0.3, -0.25) is 19.2 Å². The molecule has 2 aromatic carbocycles. The molecule has 2 bridgehead atoms. The van der Waals surface area contributed by atoms with Gasteiger partial charge in [-0.05, 0) is 50.3 Å². The van der Waals surface area contributed by atoms with E-state index in [1.807, 2.05) is 19.1 Å². The van der Waals surface area contributed by atoms with Crippen molar-refractivity contribution in [1.82, 2.24) is 10.2 Å². The van der Waals surface area contributed by atoms with Crippen molar-refractivity contribution in [1.29, 1.82) is 0 Å². The summed E-state index contributed by atoms with van der Waals surface area (Å²) in [6, 6.07) is 12.3. The third kappa shape index (κ3) is 6.34. The van der Waals surface area contributed by atoms with E-state index in [1.165, 1.54) is 9.80 Å². The zero-order chi connectivity index (χ0) is 33.9. The summed E-state index contributed by atoms with van der Waals surface area (Å²) in [6.45, 7) is 10.7. The molecule has 0 saturated carbocycles. The number of para-hydroxylation sites is 1. The molecule has 7 atom stereocenters. The number of likely N-dealkylation sites (tertiary alicyclic amines) is 1. The molecule has 2 N–H and O–H groups in total. The van der Waals surface area contributed by atoms with Gasteiger partial charge in [0.15, 0.2) is 0 Å². The standard InChI is InChI=1S/C36H42ClN3O7/c1-5-7-16-28(42)38-20-23(4)46-35(45)29-27-17-18-36(47-27)30(29)33(43)40(26(21-41)24-13-9-8-10-14-24)32(36)34(44)39(19-6-2)31-22(3)12-11-15-25(31)37/h5-6,8-15,23,26-27,29-30,32,41H,1-2,7,16-21H2,3-4H3,(H,38,42)/t23-,26+,27-,29+,30+,32-,36+/m0/s1. The molecule has 0 radical (unpaired) electrons. The number of nitrogens with one attached hydrogen (secondary N) is 1. The number of aliphatic hydroxyl groups is 1. The van der Waals surface area contributed by atoms with E-state index in [2.05, 4.69) is 18.5 Å². The molecule has 1 spiro atoms. The van der Waals surface area contributed by atoms with E-state index in [4.69, 9.17) is 21.1 Å². The Hall–Kier alpha value is -3.99. The number of aryl methyl sites for hydroxylation is 1. The zero-order valence-corrected chi connectivity index (χ0v) is 27.5. The van der Waals surface area contributed by atoms with Crippen molar-refractivity contribution in [3.63, 3.8) is 0 Å². The fourth-order valence-corrected chi connectivity index (χ4v) is 7.76. The lowest BCUT2D eigenvalue weighted by molar-refractivity contribution is -0.159. The Morgan fingerprint density at radius 1 is 1.19 bits per heavy atom. The molecule has 47 heavy (non-hydrogen) atoms. The fourth-order valence-electron chi connectivity index (χ4n) is 7.43. The van der Waals surface area contributed by atoms with Crippen molar-refractivity contribution >= 4 is 41.0 Å². The van der Waals surface area contributed by atoms with E-state index in [0.717, 1.165) is 5.56 Å². The van der Waals surface area contributed by atoms with Gasteiger partial charge in [0.2, 0.25) is 11.8 Å². The van der Waals surface area contributed by atoms with Crippen molar-refractivity contribution in [3.8, 4) is 0 Å². The first-order valence-electron chi connectivity index (χ1n) is 16.0. The van der Waals surface area contributed by atoms with Crippen LogP contribution in [0.15, 0.2) is 73.8 Å². The number of carbonyl (C=O) groups excluding carboxylic acids is 4. The van der Waals surface area contributed by atoms with Crippen LogP contribution in [-0.4, -0.2) is 77.2 Å². The van der Waals surface area contributed by atoms with Gasteiger partial charge in [-0.25, -0.2) is 0 Å². The minimum absolute atomic E-state index is 0.0999. The molecule has 3 aliphatic rings. The number of anilines is 1. The molecule has 2 aromatic rings. The first-order chi connectivity index (χ1) is 22.6. The van der Waals surface area contributed by atoms with Gasteiger partial charge in [0.05, 0.1) is 47.8 Å². The third-order valence-corrected chi connectivity index (χ3v) is 9.76. The van der Waals surface area contributed by atoms with E-state index in [0.29, 0.717) is 35.5 Å². The first-order valence-corrected chi connectivity index (χ1v) is 16.4. The van der Waals surface area contributed by atoms with Crippen LogP contribution in [-0.2, 0) is 28.7 Å². The van der Waals surface area contributed by atoms with Crippen molar-refractivity contribution in [2.24, 2.45) is 11.8 Å². The number of ether oxygens (including phenoxy) is 2. The summed E-state index contributed by atoms with van der Waals surface area (Å²) in [7, 11) is 0. The summed E-state index contributed by atoms with van der Waals surface area (Å²) in [5, 5.41) is 13.9. The van der Waals surface area contributed by atoms with Gasteiger partial charge < -0.3 is 29.7 Å². The summed E-state index contributed by atoms with van der Waals surface area (Å²) in [4.78, 5) is 58.5. The van der Waals surface area contributed by atoms with Crippen molar-refractivity contribution in [3.05, 3.63) is 90.0 Å². The minimum Gasteiger partial charge on any atom is -0.460 e. The highest BCUT2D eigenvalue weighted by molar-refractivity contribution is 6.34. The molecule has 3 heterocycles. The normalized spacial score (nSPS) is 25.5. The summed E-state index contributed by atoms with van der Waals surface area (Å²) in [5.41, 5.74) is 0.528. The second kappa shape index (κ2) is 14.4. The summed E-state index contributed by atoms with van der Waals surface area (Å²) in [6.07, 6.45) is 3.53. The van der Waals surface area contributed by atoms with Crippen molar-refractivity contribution in [2.75, 3.05) is 24.6 Å². The van der Waals surface area contributed by atoms with Crippen molar-refractivity contribution < 1.29 is 33.8 Å². The van der Waals surface area contributed by atoms with Crippen LogP contribution in [0.25, 0.3) is 0 Å². The Morgan fingerprint density at radius 2 is 1.94 bits per heavy atom. The lowest BCUT2D eigenvalue weighted by Crippen LogP contribution is -2.57. The zero-order valence-electron chi connectivity index (χ0n) is 26.8. The van der Waals surface area contributed by atoms with Gasteiger partial charge in [0, 0.05) is 13.0 Å². The summed E-state index contributed by atoms with van der Waals surface area (Å²) in [5.74, 6) is -3.71. The van der Waals surface area contributed by atoms with E-state index >= 15 is 0 Å². The molecular weight excluding hydrogens is 622 g/mol. The molecule has 5 rings (SSSR count). The number of allylic oxidation sites excluding steroid dienone is 1. The van der Waals surface area contributed by atoms with Crippen LogP contribution in [0.2, 0.25) is 5.02 Å². The second-order valence-electron chi connectivity index (χ2n) is 12.4. The Balaban J connectivity index is 1.52. The Labute approximate surface area is 280 Å². The predicted octanol–water partition coefficient (Wildman–Crippen LogP) is 4.29. The van der Waals surface area contributed by atoms with Gasteiger partial charge >= 0.3 is 5.97 Å². The highest BCUT2D eigenvalue weighted by atomic mass is 35.5. The molecule has 3 aliphatic heterocycles. The minimum atomic E-state index is -1.35. The predicted molar refractivity (Wildman–Crippen MR) is 177 cm³/mol. The molecule has 0 unspecified atom stereocenters. The number of esters is 1. The molecule has 3 saturated heterocycles. The second-order valence-corrected chi connectivity index (χ2v) is 12.8. The Morgan fingerprint density at radius 3 is 2.60 bits per heavy atom. The van der Waals surface area contributed by atoms with Gasteiger partial charge in [-0.15, -0.1) is 13.2 Å². The topological polar surface area (TPSA) is 125 Å². The summed E-state index contributed by atoms with van der Waals surface area (Å²) < 4.78 is 12.4. The Bertz CT molecular complexity index is 1510. The van der Waals surface area contributed by atoms with Crippen LogP contribution in [0.3, 0.4) is 0 Å². The smallest absolute Gasteiger partial charge is 0.312 e. The molecule has 11 heteroatoms. The number of rotatable bonds is 14. The van der Waals surface area contributed by atoms with E-state index in [1.54, 1.807) is 55.5 Å². The number of nitrogens with zero attached hydrogens (tertiary/aromatic N) is 2. The Kier molecular flexibility index (Phi) is 10.5. The van der Waals surface area contributed by atoms with Crippen molar-refractivity contribution in [2.45, 2.75) is 69.4 Å². The van der Waals surface area contributed by atoms with E-state index in [9.17, 15) is 24.3 Å². The van der Waals surface area contributed by atoms with Crippen LogP contribution in [0.5, 0.6) is 0 Å².